The molecule has 0 atom stereocenters. The standard InChI is InChI=1S/C12H20O3SSi/c1-4-12(2,3)17-9-10-5-7-11(8-6-10)16(13,14)15/h5-8H,4,9,17H2,1-3H3,(H,13,14,15). The molecule has 3 nitrogen and oxygen atoms in total. The van der Waals surface area contributed by atoms with Gasteiger partial charge in [0.25, 0.3) is 10.1 Å². The second kappa shape index (κ2) is 5.33. The topological polar surface area (TPSA) is 54.4 Å². The lowest BCUT2D eigenvalue weighted by molar-refractivity contribution is 0.483. The maximum atomic E-state index is 10.9. The van der Waals surface area contributed by atoms with E-state index in [-0.39, 0.29) is 14.4 Å². The Balaban J connectivity index is 2.70. The molecule has 0 aliphatic heterocycles. The predicted octanol–water partition coefficient (Wildman–Crippen LogP) is 2.21. The molecule has 0 aliphatic carbocycles. The highest BCUT2D eigenvalue weighted by Crippen LogP contribution is 2.27. The summed E-state index contributed by atoms with van der Waals surface area (Å²) in [7, 11) is -4.27. The average molecular weight is 272 g/mol. The highest BCUT2D eigenvalue weighted by Gasteiger charge is 2.15. The highest BCUT2D eigenvalue weighted by molar-refractivity contribution is 7.85. The summed E-state index contributed by atoms with van der Waals surface area (Å²) in [5.74, 6) is 0. The second-order valence-corrected chi connectivity index (χ2v) is 9.47. The minimum Gasteiger partial charge on any atom is -0.282 e. The average Bonchev–Trinajstić information content (AvgIpc) is 2.26. The van der Waals surface area contributed by atoms with Gasteiger partial charge in [-0.1, -0.05) is 44.9 Å². The Kier molecular flexibility index (Phi) is 4.52. The van der Waals surface area contributed by atoms with Crippen LogP contribution in [0, 0.1) is 0 Å². The normalized spacial score (nSPS) is 13.4. The smallest absolute Gasteiger partial charge is 0.282 e. The van der Waals surface area contributed by atoms with Crippen molar-refractivity contribution in [3.8, 4) is 0 Å². The summed E-state index contributed by atoms with van der Waals surface area (Å²) < 4.78 is 30.6. The maximum Gasteiger partial charge on any atom is 0.294 e. The van der Waals surface area contributed by atoms with Gasteiger partial charge in [0.1, 0.15) is 0 Å². The molecule has 1 aromatic rings. The first-order valence-electron chi connectivity index (χ1n) is 5.81. The minimum absolute atomic E-state index is 0.0299. The Bertz CT molecular complexity index is 463. The molecule has 0 amide bonds. The van der Waals surface area contributed by atoms with Crippen LogP contribution in [0.4, 0.5) is 0 Å². The van der Waals surface area contributed by atoms with Gasteiger partial charge in [-0.25, -0.2) is 0 Å². The zero-order valence-corrected chi connectivity index (χ0v) is 12.8. The first kappa shape index (κ1) is 14.4. The van der Waals surface area contributed by atoms with E-state index >= 15 is 0 Å². The van der Waals surface area contributed by atoms with Crippen molar-refractivity contribution >= 4 is 19.6 Å². The molecule has 1 aromatic carbocycles. The lowest BCUT2D eigenvalue weighted by Crippen LogP contribution is -2.14. The maximum absolute atomic E-state index is 10.9. The van der Waals surface area contributed by atoms with E-state index in [1.165, 1.54) is 18.6 Å². The van der Waals surface area contributed by atoms with Gasteiger partial charge in [0.15, 0.2) is 0 Å². The molecule has 0 unspecified atom stereocenters. The summed E-state index contributed by atoms with van der Waals surface area (Å²) in [6.45, 7) is 6.77. The molecule has 0 spiro atoms. The number of hydrogen-bond acceptors (Lipinski definition) is 2. The summed E-state index contributed by atoms with van der Waals surface area (Å²) in [4.78, 5) is -0.0299. The van der Waals surface area contributed by atoms with Crippen LogP contribution in [0.15, 0.2) is 29.2 Å². The van der Waals surface area contributed by atoms with Crippen molar-refractivity contribution in [1.82, 2.24) is 0 Å². The van der Waals surface area contributed by atoms with Gasteiger partial charge in [-0.05, 0) is 23.2 Å². The first-order chi connectivity index (χ1) is 7.74. The lowest BCUT2D eigenvalue weighted by Gasteiger charge is -2.21. The van der Waals surface area contributed by atoms with Gasteiger partial charge >= 0.3 is 0 Å². The summed E-state index contributed by atoms with van der Waals surface area (Å²) in [6.07, 6.45) is 1.18. The summed E-state index contributed by atoms with van der Waals surface area (Å²) >= 11 is 0. The van der Waals surface area contributed by atoms with E-state index in [0.717, 1.165) is 11.6 Å². The first-order valence-corrected chi connectivity index (χ1v) is 8.96. The molecule has 5 heteroatoms. The molecule has 0 heterocycles. The fraction of sp³-hybridized carbons (Fsp3) is 0.500. The van der Waals surface area contributed by atoms with Crippen LogP contribution in [-0.4, -0.2) is 22.5 Å². The van der Waals surface area contributed by atoms with Crippen molar-refractivity contribution in [1.29, 1.82) is 0 Å². The zero-order chi connectivity index (χ0) is 13.1. The van der Waals surface area contributed by atoms with E-state index in [1.54, 1.807) is 12.1 Å². The Labute approximate surface area is 106 Å². The fourth-order valence-corrected chi connectivity index (χ4v) is 3.62. The zero-order valence-electron chi connectivity index (χ0n) is 10.6. The number of benzene rings is 1. The summed E-state index contributed by atoms with van der Waals surface area (Å²) in [6, 6.07) is 7.59. The highest BCUT2D eigenvalue weighted by atomic mass is 32.2. The molecule has 0 radical (unpaired) electrons. The quantitative estimate of drug-likeness (QED) is 0.660. The SMILES string of the molecule is CCC(C)(C)[SiH2]Cc1ccc(S(=O)(=O)O)cc1. The fourth-order valence-electron chi connectivity index (χ4n) is 1.49. The molecule has 0 fully saturated rings. The molecule has 0 aromatic heterocycles. The van der Waals surface area contributed by atoms with Gasteiger partial charge in [0.2, 0.25) is 0 Å². The largest absolute Gasteiger partial charge is 0.294 e. The van der Waals surface area contributed by atoms with Crippen LogP contribution in [0.5, 0.6) is 0 Å². The van der Waals surface area contributed by atoms with Gasteiger partial charge in [-0.15, -0.1) is 0 Å². The molecule has 1 N–H and O–H groups in total. The van der Waals surface area contributed by atoms with Crippen LogP contribution < -0.4 is 0 Å². The van der Waals surface area contributed by atoms with Crippen LogP contribution in [0.25, 0.3) is 0 Å². The van der Waals surface area contributed by atoms with E-state index in [4.69, 9.17) is 4.55 Å². The van der Waals surface area contributed by atoms with Crippen molar-refractivity contribution in [2.45, 2.75) is 43.2 Å². The molecule has 0 bridgehead atoms. The summed E-state index contributed by atoms with van der Waals surface area (Å²) in [5.41, 5.74) is 1.16. The molecule has 1 rings (SSSR count). The van der Waals surface area contributed by atoms with Gasteiger partial charge < -0.3 is 0 Å². The Morgan fingerprint density at radius 1 is 1.24 bits per heavy atom. The van der Waals surface area contributed by atoms with Crippen LogP contribution in [0.3, 0.4) is 0 Å². The second-order valence-electron chi connectivity index (χ2n) is 5.14. The van der Waals surface area contributed by atoms with Crippen LogP contribution in [0.1, 0.15) is 32.8 Å². The van der Waals surface area contributed by atoms with Crippen molar-refractivity contribution in [2.24, 2.45) is 0 Å². The van der Waals surface area contributed by atoms with E-state index in [2.05, 4.69) is 20.8 Å². The van der Waals surface area contributed by atoms with Gasteiger partial charge in [0.05, 0.1) is 4.90 Å². The Morgan fingerprint density at radius 2 is 1.76 bits per heavy atom. The predicted molar refractivity (Wildman–Crippen MR) is 72.8 cm³/mol. The molecule has 96 valence electrons. The third-order valence-electron chi connectivity index (χ3n) is 3.27. The van der Waals surface area contributed by atoms with Crippen LogP contribution in [0.2, 0.25) is 5.04 Å². The van der Waals surface area contributed by atoms with E-state index in [0.29, 0.717) is 5.04 Å². The van der Waals surface area contributed by atoms with Crippen molar-refractivity contribution in [3.63, 3.8) is 0 Å². The molecular formula is C12H20O3SSi. The monoisotopic (exact) mass is 272 g/mol. The lowest BCUT2D eigenvalue weighted by atomic mass is 10.1. The molecule has 0 saturated heterocycles. The van der Waals surface area contributed by atoms with Crippen molar-refractivity contribution < 1.29 is 13.0 Å². The Hall–Kier alpha value is -0.653. The Morgan fingerprint density at radius 3 is 2.18 bits per heavy atom. The van der Waals surface area contributed by atoms with E-state index in [1.807, 2.05) is 0 Å². The molecule has 0 aliphatic rings. The third-order valence-corrected chi connectivity index (χ3v) is 6.82. The van der Waals surface area contributed by atoms with Gasteiger partial charge in [-0.3, -0.25) is 4.55 Å². The van der Waals surface area contributed by atoms with Crippen molar-refractivity contribution in [3.05, 3.63) is 29.8 Å². The van der Waals surface area contributed by atoms with E-state index < -0.39 is 10.1 Å². The summed E-state index contributed by atoms with van der Waals surface area (Å²) in [5, 5.41) is 0.446. The minimum atomic E-state index is -4.06. The molecule has 17 heavy (non-hydrogen) atoms. The van der Waals surface area contributed by atoms with Crippen LogP contribution >= 0.6 is 0 Å². The number of rotatable bonds is 5. The molecule has 0 saturated carbocycles. The third kappa shape index (κ3) is 4.61. The van der Waals surface area contributed by atoms with Gasteiger partial charge in [0, 0.05) is 9.52 Å². The van der Waals surface area contributed by atoms with E-state index in [9.17, 15) is 8.42 Å². The molecular weight excluding hydrogens is 252 g/mol. The van der Waals surface area contributed by atoms with Crippen LogP contribution in [-0.2, 0) is 16.2 Å². The van der Waals surface area contributed by atoms with Gasteiger partial charge in [-0.2, -0.15) is 8.42 Å². The number of hydrogen-bond donors (Lipinski definition) is 1. The van der Waals surface area contributed by atoms with Crippen molar-refractivity contribution in [2.75, 3.05) is 0 Å².